The van der Waals surface area contributed by atoms with Gasteiger partial charge in [-0.1, -0.05) is 0 Å². The third-order valence-corrected chi connectivity index (χ3v) is 3.90. The molecular formula is C9H12N2O4S. The van der Waals surface area contributed by atoms with Crippen molar-refractivity contribution >= 4 is 16.0 Å². The lowest BCUT2D eigenvalue weighted by molar-refractivity contribution is 0.0686. The van der Waals surface area contributed by atoms with E-state index >= 15 is 0 Å². The van der Waals surface area contributed by atoms with E-state index < -0.39 is 16.0 Å². The number of hydrogen-bond donors (Lipinski definition) is 2. The van der Waals surface area contributed by atoms with Crippen molar-refractivity contribution in [2.24, 2.45) is 7.05 Å². The Bertz CT molecular complexity index is 528. The molecule has 0 atom stereocenters. The summed E-state index contributed by atoms with van der Waals surface area (Å²) in [7, 11) is -2.07. The van der Waals surface area contributed by atoms with Crippen molar-refractivity contribution in [2.45, 2.75) is 23.8 Å². The minimum absolute atomic E-state index is 0.000648. The maximum Gasteiger partial charge on any atom is 0.352 e. The van der Waals surface area contributed by atoms with Gasteiger partial charge < -0.3 is 9.67 Å². The van der Waals surface area contributed by atoms with E-state index in [2.05, 4.69) is 4.72 Å². The molecule has 7 heteroatoms. The van der Waals surface area contributed by atoms with Crippen LogP contribution >= 0.6 is 0 Å². The molecule has 0 saturated heterocycles. The van der Waals surface area contributed by atoms with E-state index in [1.807, 2.05) is 0 Å². The predicted molar refractivity (Wildman–Crippen MR) is 55.7 cm³/mol. The van der Waals surface area contributed by atoms with Crippen LogP contribution in [0.2, 0.25) is 0 Å². The third-order valence-electron chi connectivity index (χ3n) is 2.41. The first-order chi connectivity index (χ1) is 7.40. The molecule has 0 aromatic carbocycles. The second-order valence-electron chi connectivity index (χ2n) is 3.87. The molecule has 2 rings (SSSR count). The van der Waals surface area contributed by atoms with Gasteiger partial charge in [-0.15, -0.1) is 0 Å². The maximum atomic E-state index is 11.8. The summed E-state index contributed by atoms with van der Waals surface area (Å²) >= 11 is 0. The number of nitrogens with zero attached hydrogens (tertiary/aromatic N) is 1. The molecule has 0 bridgehead atoms. The molecule has 1 saturated carbocycles. The fourth-order valence-corrected chi connectivity index (χ4v) is 2.76. The monoisotopic (exact) mass is 244 g/mol. The number of carboxylic acid groups (broad SMARTS) is 1. The van der Waals surface area contributed by atoms with Gasteiger partial charge in [-0.25, -0.2) is 17.9 Å². The molecule has 1 heterocycles. The molecule has 0 aliphatic heterocycles. The molecule has 1 aromatic rings. The first kappa shape index (κ1) is 11.2. The molecule has 2 N–H and O–H groups in total. The van der Waals surface area contributed by atoms with Gasteiger partial charge in [0.1, 0.15) is 10.6 Å². The normalized spacial score (nSPS) is 16.3. The first-order valence-electron chi connectivity index (χ1n) is 4.82. The van der Waals surface area contributed by atoms with Crippen LogP contribution in [0.15, 0.2) is 17.2 Å². The van der Waals surface area contributed by atoms with Crippen LogP contribution in [0.5, 0.6) is 0 Å². The van der Waals surface area contributed by atoms with Gasteiger partial charge in [-0.05, 0) is 18.9 Å². The molecule has 6 nitrogen and oxygen atoms in total. The number of aromatic nitrogens is 1. The molecule has 16 heavy (non-hydrogen) atoms. The van der Waals surface area contributed by atoms with Crippen molar-refractivity contribution in [1.29, 1.82) is 0 Å². The SMILES string of the molecule is Cn1cc(S(=O)(=O)NC2CC2)cc1C(=O)O. The standard InChI is InChI=1S/C9H12N2O4S/c1-11-5-7(4-8(11)9(12)13)16(14,15)10-6-2-3-6/h4-6,10H,2-3H2,1H3,(H,12,13). The van der Waals surface area contributed by atoms with Gasteiger partial charge in [0, 0.05) is 19.3 Å². The summed E-state index contributed by atoms with van der Waals surface area (Å²) in [5, 5.41) is 8.80. The van der Waals surface area contributed by atoms with Gasteiger partial charge >= 0.3 is 5.97 Å². The maximum absolute atomic E-state index is 11.8. The summed E-state index contributed by atoms with van der Waals surface area (Å²) in [5.74, 6) is -1.14. The Kier molecular flexibility index (Phi) is 2.51. The molecule has 1 aliphatic rings. The lowest BCUT2D eigenvalue weighted by Crippen LogP contribution is -2.25. The summed E-state index contributed by atoms with van der Waals surface area (Å²) < 4.78 is 27.3. The molecular weight excluding hydrogens is 232 g/mol. The highest BCUT2D eigenvalue weighted by Gasteiger charge is 2.29. The summed E-state index contributed by atoms with van der Waals surface area (Å²) in [4.78, 5) is 10.8. The van der Waals surface area contributed by atoms with Gasteiger partial charge in [0.25, 0.3) is 0 Å². The summed E-state index contributed by atoms with van der Waals surface area (Å²) in [6.45, 7) is 0. The molecule has 1 fully saturated rings. The number of aromatic carboxylic acids is 1. The van der Waals surface area contributed by atoms with Crippen LogP contribution in [0, 0.1) is 0 Å². The van der Waals surface area contributed by atoms with Crippen molar-refractivity contribution in [1.82, 2.24) is 9.29 Å². The number of aryl methyl sites for hydroxylation is 1. The van der Waals surface area contributed by atoms with E-state index in [1.54, 1.807) is 0 Å². The molecule has 0 amide bonds. The Balaban J connectivity index is 2.32. The van der Waals surface area contributed by atoms with Crippen LogP contribution < -0.4 is 4.72 Å². The zero-order valence-corrected chi connectivity index (χ0v) is 9.49. The average Bonchev–Trinajstić information content (AvgIpc) is 2.84. The molecule has 0 radical (unpaired) electrons. The number of nitrogens with one attached hydrogen (secondary N) is 1. The third kappa shape index (κ3) is 2.10. The number of sulfonamides is 1. The minimum atomic E-state index is -3.57. The Morgan fingerprint density at radius 3 is 2.62 bits per heavy atom. The predicted octanol–water partition coefficient (Wildman–Crippen LogP) is 0.164. The van der Waals surface area contributed by atoms with E-state index in [0.717, 1.165) is 18.9 Å². The second kappa shape index (κ2) is 3.60. The molecule has 88 valence electrons. The molecule has 0 spiro atoms. The smallest absolute Gasteiger partial charge is 0.352 e. The van der Waals surface area contributed by atoms with Crippen LogP contribution in [0.25, 0.3) is 0 Å². The van der Waals surface area contributed by atoms with Gasteiger partial charge in [0.15, 0.2) is 0 Å². The van der Waals surface area contributed by atoms with Crippen LogP contribution in [-0.2, 0) is 17.1 Å². The second-order valence-corrected chi connectivity index (χ2v) is 5.59. The molecule has 1 aliphatic carbocycles. The average molecular weight is 244 g/mol. The fraction of sp³-hybridized carbons (Fsp3) is 0.444. The van der Waals surface area contributed by atoms with Crippen LogP contribution in [-0.4, -0.2) is 30.1 Å². The zero-order valence-electron chi connectivity index (χ0n) is 8.67. The Labute approximate surface area is 92.9 Å². The van der Waals surface area contributed by atoms with Gasteiger partial charge in [-0.2, -0.15) is 0 Å². The van der Waals surface area contributed by atoms with E-state index in [1.165, 1.54) is 17.8 Å². The summed E-state index contributed by atoms with van der Waals surface area (Å²) in [6, 6.07) is 1.17. The summed E-state index contributed by atoms with van der Waals surface area (Å²) in [5.41, 5.74) is -0.0452. The van der Waals surface area contributed by atoms with E-state index in [-0.39, 0.29) is 16.6 Å². The van der Waals surface area contributed by atoms with Crippen molar-refractivity contribution in [3.8, 4) is 0 Å². The van der Waals surface area contributed by atoms with Crippen molar-refractivity contribution in [2.75, 3.05) is 0 Å². The van der Waals surface area contributed by atoms with Crippen molar-refractivity contribution < 1.29 is 18.3 Å². The van der Waals surface area contributed by atoms with E-state index in [4.69, 9.17) is 5.11 Å². The topological polar surface area (TPSA) is 88.4 Å². The number of carboxylic acids is 1. The number of carbonyl (C=O) groups is 1. The fourth-order valence-electron chi connectivity index (χ4n) is 1.38. The Morgan fingerprint density at radius 2 is 2.19 bits per heavy atom. The van der Waals surface area contributed by atoms with Crippen molar-refractivity contribution in [3.05, 3.63) is 18.0 Å². The lowest BCUT2D eigenvalue weighted by atomic mass is 10.4. The molecule has 1 aromatic heterocycles. The highest BCUT2D eigenvalue weighted by molar-refractivity contribution is 7.89. The van der Waals surface area contributed by atoms with E-state index in [9.17, 15) is 13.2 Å². The van der Waals surface area contributed by atoms with E-state index in [0.29, 0.717) is 0 Å². The number of hydrogen-bond acceptors (Lipinski definition) is 3. The van der Waals surface area contributed by atoms with Crippen LogP contribution in [0.3, 0.4) is 0 Å². The van der Waals surface area contributed by atoms with Crippen LogP contribution in [0.4, 0.5) is 0 Å². The van der Waals surface area contributed by atoms with Gasteiger partial charge in [0.2, 0.25) is 10.0 Å². The number of rotatable bonds is 4. The Morgan fingerprint density at radius 1 is 1.56 bits per heavy atom. The summed E-state index contributed by atoms with van der Waals surface area (Å²) in [6.07, 6.45) is 2.99. The molecule has 0 unspecified atom stereocenters. The highest BCUT2D eigenvalue weighted by Crippen LogP contribution is 2.22. The van der Waals surface area contributed by atoms with Crippen LogP contribution in [0.1, 0.15) is 23.3 Å². The largest absolute Gasteiger partial charge is 0.477 e. The van der Waals surface area contributed by atoms with Gasteiger partial charge in [-0.3, -0.25) is 0 Å². The zero-order chi connectivity index (χ0) is 11.9. The quantitative estimate of drug-likeness (QED) is 0.790. The lowest BCUT2D eigenvalue weighted by Gasteiger charge is -2.01. The Hall–Kier alpha value is -1.34. The first-order valence-corrected chi connectivity index (χ1v) is 6.30. The minimum Gasteiger partial charge on any atom is -0.477 e. The van der Waals surface area contributed by atoms with Gasteiger partial charge in [0.05, 0.1) is 0 Å². The van der Waals surface area contributed by atoms with Crippen molar-refractivity contribution in [3.63, 3.8) is 0 Å². The highest BCUT2D eigenvalue weighted by atomic mass is 32.2.